The first kappa shape index (κ1) is 21.7. The number of H-pyrrole nitrogens is 1. The van der Waals surface area contributed by atoms with Crippen LogP contribution in [-0.4, -0.2) is 39.9 Å². The minimum Gasteiger partial charge on any atom is -0.497 e. The number of benzene rings is 2. The smallest absolute Gasteiger partial charge is 0.246 e. The Kier molecular flexibility index (Phi) is 6.33. The molecule has 164 valence electrons. The molecule has 2 N–H and O–H groups in total. The molecule has 2 aromatic heterocycles. The number of nitrogens with one attached hydrogen (secondary N) is 2. The quantitative estimate of drug-likeness (QED) is 0.383. The first-order valence-electron chi connectivity index (χ1n) is 9.70. The number of nitrogens with zero attached hydrogens (tertiary/aromatic N) is 3. The zero-order valence-corrected chi connectivity index (χ0v) is 19.3. The Balaban J connectivity index is 1.51. The highest BCUT2D eigenvalue weighted by Gasteiger charge is 2.16. The van der Waals surface area contributed by atoms with E-state index < -0.39 is 0 Å². The number of hydrogen-bond donors (Lipinski definition) is 2. The summed E-state index contributed by atoms with van der Waals surface area (Å²) in [6.45, 7) is 1.98. The van der Waals surface area contributed by atoms with E-state index in [0.29, 0.717) is 15.7 Å². The number of methoxy groups -OCH3 is 2. The molecule has 8 nitrogen and oxygen atoms in total. The monoisotopic (exact) mass is 467 g/mol. The standard InChI is InChI=1S/C22H21N5O3S2/c1-13-19(14-4-8-16(29-2)9-5-14)24-21(32-13)23-18(28)12-27-20(25-26-22(27)31)15-6-10-17(30-3)11-7-15/h4-11H,12H2,1-3H3,(H,26,31)(H,23,24,28). The molecule has 4 aromatic rings. The molecule has 0 aliphatic carbocycles. The van der Waals surface area contributed by atoms with Crippen LogP contribution >= 0.6 is 23.6 Å². The third-order valence-electron chi connectivity index (χ3n) is 4.81. The van der Waals surface area contributed by atoms with Crippen molar-refractivity contribution < 1.29 is 14.3 Å². The van der Waals surface area contributed by atoms with E-state index in [1.165, 1.54) is 11.3 Å². The molecule has 2 aromatic carbocycles. The number of rotatable bonds is 7. The lowest BCUT2D eigenvalue weighted by Crippen LogP contribution is -2.19. The van der Waals surface area contributed by atoms with Crippen LogP contribution in [0.2, 0.25) is 0 Å². The van der Waals surface area contributed by atoms with Gasteiger partial charge in [0, 0.05) is 16.0 Å². The summed E-state index contributed by atoms with van der Waals surface area (Å²) in [4.78, 5) is 18.4. The number of anilines is 1. The van der Waals surface area contributed by atoms with Gasteiger partial charge in [-0.15, -0.1) is 11.3 Å². The molecule has 4 rings (SSSR count). The van der Waals surface area contributed by atoms with Crippen LogP contribution in [0.3, 0.4) is 0 Å². The number of aromatic nitrogens is 4. The lowest BCUT2D eigenvalue weighted by atomic mass is 10.1. The Morgan fingerprint density at radius 2 is 1.66 bits per heavy atom. The molecule has 2 heterocycles. The van der Waals surface area contributed by atoms with E-state index in [-0.39, 0.29) is 12.5 Å². The van der Waals surface area contributed by atoms with Crippen LogP contribution in [0.25, 0.3) is 22.6 Å². The number of ether oxygens (including phenoxy) is 2. The molecule has 0 aliphatic heterocycles. The minimum atomic E-state index is -0.243. The van der Waals surface area contributed by atoms with E-state index in [4.69, 9.17) is 21.7 Å². The molecule has 10 heteroatoms. The second-order valence-electron chi connectivity index (χ2n) is 6.87. The maximum absolute atomic E-state index is 12.8. The number of carbonyl (C=O) groups excluding carboxylic acids is 1. The number of aryl methyl sites for hydroxylation is 1. The maximum atomic E-state index is 12.8. The van der Waals surface area contributed by atoms with Gasteiger partial charge < -0.3 is 14.8 Å². The Morgan fingerprint density at radius 1 is 1.06 bits per heavy atom. The van der Waals surface area contributed by atoms with Crippen LogP contribution in [0.1, 0.15) is 4.88 Å². The Morgan fingerprint density at radius 3 is 2.25 bits per heavy atom. The van der Waals surface area contributed by atoms with Crippen LogP contribution in [0, 0.1) is 11.7 Å². The summed E-state index contributed by atoms with van der Waals surface area (Å²) in [6, 6.07) is 15.0. The molecule has 0 saturated heterocycles. The van der Waals surface area contributed by atoms with Gasteiger partial charge in [-0.05, 0) is 67.7 Å². The van der Waals surface area contributed by atoms with E-state index in [0.717, 1.165) is 33.2 Å². The van der Waals surface area contributed by atoms with Crippen LogP contribution in [0.4, 0.5) is 5.13 Å². The summed E-state index contributed by atoms with van der Waals surface area (Å²) >= 11 is 6.75. The molecule has 0 bridgehead atoms. The Hall–Kier alpha value is -3.50. The Bertz CT molecular complexity index is 1290. The van der Waals surface area contributed by atoms with Crippen LogP contribution in [0.5, 0.6) is 11.5 Å². The second-order valence-corrected chi connectivity index (χ2v) is 8.46. The normalized spacial score (nSPS) is 10.7. The fourth-order valence-corrected chi connectivity index (χ4v) is 4.24. The van der Waals surface area contributed by atoms with E-state index >= 15 is 0 Å². The van der Waals surface area contributed by atoms with Gasteiger partial charge in [0.1, 0.15) is 18.0 Å². The molecule has 0 atom stereocenters. The second kappa shape index (κ2) is 9.33. The zero-order valence-electron chi connectivity index (χ0n) is 17.7. The lowest BCUT2D eigenvalue weighted by molar-refractivity contribution is -0.116. The fourth-order valence-electron chi connectivity index (χ4n) is 3.19. The molecule has 0 fully saturated rings. The maximum Gasteiger partial charge on any atom is 0.246 e. The summed E-state index contributed by atoms with van der Waals surface area (Å²) in [5.41, 5.74) is 2.60. The molecule has 0 radical (unpaired) electrons. The van der Waals surface area contributed by atoms with Crippen LogP contribution < -0.4 is 14.8 Å². The van der Waals surface area contributed by atoms with Crippen molar-refractivity contribution in [2.24, 2.45) is 0 Å². The van der Waals surface area contributed by atoms with Gasteiger partial charge in [0.2, 0.25) is 5.91 Å². The van der Waals surface area contributed by atoms with Crippen molar-refractivity contribution in [3.63, 3.8) is 0 Å². The molecule has 0 unspecified atom stereocenters. The van der Waals surface area contributed by atoms with Crippen molar-refractivity contribution in [1.29, 1.82) is 0 Å². The fraction of sp³-hybridized carbons (Fsp3) is 0.182. The molecular formula is C22H21N5O3S2. The van der Waals surface area contributed by atoms with Gasteiger partial charge in [-0.2, -0.15) is 5.10 Å². The minimum absolute atomic E-state index is 0.00714. The first-order valence-corrected chi connectivity index (χ1v) is 10.9. The Labute approximate surface area is 193 Å². The highest BCUT2D eigenvalue weighted by Crippen LogP contribution is 2.31. The largest absolute Gasteiger partial charge is 0.497 e. The summed E-state index contributed by atoms with van der Waals surface area (Å²) in [5, 5.41) is 10.4. The SMILES string of the molecule is COc1ccc(-c2nc(NC(=O)Cn3c(-c4ccc(OC)cc4)n[nH]c3=S)sc2C)cc1. The van der Waals surface area contributed by atoms with Crippen molar-refractivity contribution in [2.75, 3.05) is 19.5 Å². The molecule has 0 spiro atoms. The van der Waals surface area contributed by atoms with E-state index in [1.807, 2.05) is 55.5 Å². The molecule has 0 aliphatic rings. The number of thiazole rings is 1. The van der Waals surface area contributed by atoms with Crippen molar-refractivity contribution in [3.05, 3.63) is 58.2 Å². The van der Waals surface area contributed by atoms with E-state index in [9.17, 15) is 4.79 Å². The number of carbonyl (C=O) groups is 1. The number of hydrogen-bond acceptors (Lipinski definition) is 7. The van der Waals surface area contributed by atoms with Gasteiger partial charge in [-0.3, -0.25) is 14.5 Å². The summed E-state index contributed by atoms with van der Waals surface area (Å²) in [7, 11) is 3.23. The van der Waals surface area contributed by atoms with Crippen molar-refractivity contribution in [1.82, 2.24) is 19.7 Å². The topological polar surface area (TPSA) is 94.1 Å². The van der Waals surface area contributed by atoms with Crippen molar-refractivity contribution in [3.8, 4) is 34.1 Å². The lowest BCUT2D eigenvalue weighted by Gasteiger charge is -2.07. The first-order chi connectivity index (χ1) is 15.5. The number of amides is 1. The highest BCUT2D eigenvalue weighted by molar-refractivity contribution is 7.71. The number of aromatic amines is 1. The summed E-state index contributed by atoms with van der Waals surface area (Å²) in [6.07, 6.45) is 0. The molecule has 0 saturated carbocycles. The zero-order chi connectivity index (χ0) is 22.7. The molecule has 32 heavy (non-hydrogen) atoms. The third kappa shape index (κ3) is 4.56. The van der Waals surface area contributed by atoms with Gasteiger partial charge in [-0.25, -0.2) is 4.98 Å². The van der Waals surface area contributed by atoms with Gasteiger partial charge in [0.15, 0.2) is 15.7 Å². The predicted octanol–water partition coefficient (Wildman–Crippen LogP) is 4.70. The van der Waals surface area contributed by atoms with Gasteiger partial charge in [0.05, 0.1) is 19.9 Å². The molecule has 1 amide bonds. The van der Waals surface area contributed by atoms with Crippen molar-refractivity contribution >= 4 is 34.6 Å². The third-order valence-corrected chi connectivity index (χ3v) is 6.01. The van der Waals surface area contributed by atoms with Gasteiger partial charge >= 0.3 is 0 Å². The van der Waals surface area contributed by atoms with Gasteiger partial charge in [0.25, 0.3) is 0 Å². The summed E-state index contributed by atoms with van der Waals surface area (Å²) < 4.78 is 12.4. The van der Waals surface area contributed by atoms with Crippen LogP contribution in [-0.2, 0) is 11.3 Å². The summed E-state index contributed by atoms with van der Waals surface area (Å²) in [5.74, 6) is 1.84. The highest BCUT2D eigenvalue weighted by atomic mass is 32.1. The molecular weight excluding hydrogens is 446 g/mol. The van der Waals surface area contributed by atoms with Gasteiger partial charge in [-0.1, -0.05) is 0 Å². The average Bonchev–Trinajstić information content (AvgIpc) is 3.35. The van der Waals surface area contributed by atoms with Crippen LogP contribution in [0.15, 0.2) is 48.5 Å². The predicted molar refractivity (Wildman–Crippen MR) is 127 cm³/mol. The van der Waals surface area contributed by atoms with E-state index in [1.54, 1.807) is 18.8 Å². The van der Waals surface area contributed by atoms with E-state index in [2.05, 4.69) is 20.5 Å². The van der Waals surface area contributed by atoms with Crippen molar-refractivity contribution in [2.45, 2.75) is 13.5 Å². The average molecular weight is 468 g/mol.